The summed E-state index contributed by atoms with van der Waals surface area (Å²) in [5.41, 5.74) is 0. The van der Waals surface area contributed by atoms with E-state index in [-0.39, 0.29) is 24.9 Å². The van der Waals surface area contributed by atoms with Crippen LogP contribution in [0.2, 0.25) is 0 Å². The largest absolute Gasteiger partial charge is 0.462 e. The van der Waals surface area contributed by atoms with E-state index >= 15 is 0 Å². The van der Waals surface area contributed by atoms with Gasteiger partial charge >= 0.3 is 5.97 Å². The summed E-state index contributed by atoms with van der Waals surface area (Å²) in [7, 11) is 0. The summed E-state index contributed by atoms with van der Waals surface area (Å²) in [6, 6.07) is -0.707. The first-order valence-electron chi connectivity index (χ1n) is 24.9. The number of carbonyl (C=O) groups excluding carboxylic acids is 2. The third-order valence-electron chi connectivity index (χ3n) is 11.2. The lowest BCUT2D eigenvalue weighted by atomic mass is 10.0. The molecule has 0 radical (unpaired) electrons. The molecule has 0 aliphatic rings. The van der Waals surface area contributed by atoms with Gasteiger partial charge in [-0.05, 0) is 64.2 Å². The van der Waals surface area contributed by atoms with Crippen molar-refractivity contribution in [2.24, 2.45) is 0 Å². The first-order chi connectivity index (χ1) is 28.5. The van der Waals surface area contributed by atoms with Gasteiger partial charge in [0.15, 0.2) is 0 Å². The number of hydrogen-bond acceptors (Lipinski definition) is 5. The van der Waals surface area contributed by atoms with Gasteiger partial charge in [-0.2, -0.15) is 0 Å². The third kappa shape index (κ3) is 40.6. The molecule has 0 bridgehead atoms. The minimum atomic E-state index is -0.792. The van der Waals surface area contributed by atoms with Crippen LogP contribution in [-0.2, 0) is 14.3 Å². The predicted octanol–water partition coefficient (Wildman–Crippen LogP) is 14.7. The molecule has 0 fully saturated rings. The van der Waals surface area contributed by atoms with Crippen LogP contribution >= 0.6 is 0 Å². The van der Waals surface area contributed by atoms with Crippen LogP contribution in [0.4, 0.5) is 0 Å². The Kier molecular flexibility index (Phi) is 44.2. The summed E-state index contributed by atoms with van der Waals surface area (Å²) in [5, 5.41) is 23.7. The van der Waals surface area contributed by atoms with E-state index in [1.165, 1.54) is 109 Å². The van der Waals surface area contributed by atoms with Crippen molar-refractivity contribution in [3.05, 3.63) is 48.6 Å². The molecule has 0 rings (SSSR count). The minimum Gasteiger partial charge on any atom is -0.462 e. The molecule has 3 N–H and O–H groups in total. The Hall–Kier alpha value is -2.18. The Morgan fingerprint density at radius 3 is 1.53 bits per heavy atom. The molecule has 3 unspecified atom stereocenters. The van der Waals surface area contributed by atoms with E-state index in [1.807, 2.05) is 0 Å². The summed E-state index contributed by atoms with van der Waals surface area (Å²) in [6.07, 6.45) is 54.7. The lowest BCUT2D eigenvalue weighted by Gasteiger charge is -2.24. The number of carbonyl (C=O) groups is 2. The fraction of sp³-hybridized carbons (Fsp3) is 0.808. The lowest BCUT2D eigenvalue weighted by Crippen LogP contribution is -2.46. The third-order valence-corrected chi connectivity index (χ3v) is 11.2. The minimum absolute atomic E-state index is 0.0613. The molecule has 0 saturated heterocycles. The number of rotatable bonds is 44. The second-order valence-electron chi connectivity index (χ2n) is 16.9. The summed E-state index contributed by atoms with van der Waals surface area (Å²) in [6.45, 7) is 6.28. The molecule has 0 aliphatic carbocycles. The van der Waals surface area contributed by atoms with Gasteiger partial charge in [-0.25, -0.2) is 0 Å². The quantitative estimate of drug-likeness (QED) is 0.0246. The molecule has 1 amide bonds. The molecule has 0 aliphatic heterocycles. The van der Waals surface area contributed by atoms with E-state index in [2.05, 4.69) is 74.7 Å². The number of ether oxygens (including phenoxy) is 1. The van der Waals surface area contributed by atoms with Gasteiger partial charge in [-0.15, -0.1) is 0 Å². The first kappa shape index (κ1) is 55.8. The highest BCUT2D eigenvalue weighted by molar-refractivity contribution is 5.77. The van der Waals surface area contributed by atoms with Gasteiger partial charge in [-0.3, -0.25) is 9.59 Å². The van der Waals surface area contributed by atoms with E-state index in [1.54, 1.807) is 0 Å². The fourth-order valence-corrected chi connectivity index (χ4v) is 7.43. The Morgan fingerprint density at radius 2 is 0.983 bits per heavy atom. The Morgan fingerprint density at radius 1 is 0.517 bits per heavy atom. The fourth-order valence-electron chi connectivity index (χ4n) is 7.43. The monoisotopic (exact) mass is 814 g/mol. The normalized spacial score (nSPS) is 13.7. The summed E-state index contributed by atoms with van der Waals surface area (Å²) >= 11 is 0. The molecule has 338 valence electrons. The summed E-state index contributed by atoms with van der Waals surface area (Å²) < 4.78 is 5.89. The number of hydrogen-bond donors (Lipinski definition) is 3. The summed E-state index contributed by atoms with van der Waals surface area (Å²) in [4.78, 5) is 26.0. The van der Waals surface area contributed by atoms with Crippen molar-refractivity contribution >= 4 is 11.9 Å². The summed E-state index contributed by atoms with van der Waals surface area (Å²) in [5.74, 6) is -0.505. The van der Waals surface area contributed by atoms with Crippen molar-refractivity contribution < 1.29 is 24.5 Å². The van der Waals surface area contributed by atoms with Crippen LogP contribution in [0, 0.1) is 0 Å². The van der Waals surface area contributed by atoms with Crippen molar-refractivity contribution in [1.29, 1.82) is 0 Å². The smallest absolute Gasteiger partial charge is 0.306 e. The van der Waals surface area contributed by atoms with Gasteiger partial charge in [0, 0.05) is 6.42 Å². The molecule has 3 atom stereocenters. The molecule has 6 nitrogen and oxygen atoms in total. The Bertz CT molecular complexity index is 1000. The highest BCUT2D eigenvalue weighted by Gasteiger charge is 2.24. The maximum atomic E-state index is 13.1. The average Bonchev–Trinajstić information content (AvgIpc) is 3.22. The van der Waals surface area contributed by atoms with Crippen molar-refractivity contribution in [1.82, 2.24) is 5.32 Å². The van der Waals surface area contributed by atoms with Crippen LogP contribution < -0.4 is 5.32 Å². The highest BCUT2D eigenvalue weighted by atomic mass is 16.5. The number of aliphatic hydroxyl groups is 2. The molecule has 58 heavy (non-hydrogen) atoms. The molecule has 0 spiro atoms. The topological polar surface area (TPSA) is 95.9 Å². The zero-order valence-corrected chi connectivity index (χ0v) is 38.4. The van der Waals surface area contributed by atoms with Crippen LogP contribution in [0.15, 0.2) is 48.6 Å². The van der Waals surface area contributed by atoms with Gasteiger partial charge in [0.05, 0.1) is 25.2 Å². The van der Waals surface area contributed by atoms with E-state index in [4.69, 9.17) is 4.74 Å². The standard InChI is InChI=1S/C52H95NO5/c1-4-7-10-13-16-19-21-23-25-27-28-30-32-35-38-41-44-50(55)49(47-54)53-51(56)46-48(43-40-37-34-18-15-12-9-6-3)58-52(57)45-42-39-36-33-31-29-26-24-22-20-17-14-11-8-5-2/h8,11-12,14-15,17,20,22,48-50,54-55H,4-7,9-10,13,16,18-19,21,23-47H2,1-3H3,(H,53,56)/b11-8+,15-12-,17-14+,22-20+. The maximum absolute atomic E-state index is 13.1. The number of aliphatic hydroxyl groups excluding tert-OH is 2. The predicted molar refractivity (Wildman–Crippen MR) is 250 cm³/mol. The van der Waals surface area contributed by atoms with Crippen molar-refractivity contribution in [3.63, 3.8) is 0 Å². The molecule has 0 aromatic heterocycles. The van der Waals surface area contributed by atoms with Crippen LogP contribution in [-0.4, -0.2) is 46.9 Å². The number of nitrogens with one attached hydrogen (secondary N) is 1. The SMILES string of the molecule is CC/C=C/C=C/C=C/CCCCCCCCCC(=O)OC(CCCCC/C=C\CCC)CC(=O)NC(CO)C(O)CCCCCCCCCCCCCCCCCC. The van der Waals surface area contributed by atoms with E-state index < -0.39 is 18.2 Å². The second kappa shape index (κ2) is 45.9. The van der Waals surface area contributed by atoms with Crippen LogP contribution in [0.3, 0.4) is 0 Å². The number of esters is 1. The molecular formula is C52H95NO5. The number of amides is 1. The highest BCUT2D eigenvalue weighted by Crippen LogP contribution is 2.18. The van der Waals surface area contributed by atoms with Crippen LogP contribution in [0.1, 0.15) is 245 Å². The molecule has 0 saturated carbocycles. The Balaban J connectivity index is 4.42. The molecular weight excluding hydrogens is 719 g/mol. The van der Waals surface area contributed by atoms with Gasteiger partial charge in [0.2, 0.25) is 5.91 Å². The van der Waals surface area contributed by atoms with Crippen molar-refractivity contribution in [3.8, 4) is 0 Å². The zero-order valence-electron chi connectivity index (χ0n) is 38.4. The van der Waals surface area contributed by atoms with Crippen molar-refractivity contribution in [2.45, 2.75) is 264 Å². The zero-order chi connectivity index (χ0) is 42.4. The van der Waals surface area contributed by atoms with Crippen LogP contribution in [0.25, 0.3) is 0 Å². The second-order valence-corrected chi connectivity index (χ2v) is 16.9. The van der Waals surface area contributed by atoms with E-state index in [0.29, 0.717) is 19.3 Å². The van der Waals surface area contributed by atoms with E-state index in [9.17, 15) is 19.8 Å². The first-order valence-corrected chi connectivity index (χ1v) is 24.9. The molecule has 0 aromatic rings. The molecule has 6 heteroatoms. The van der Waals surface area contributed by atoms with Gasteiger partial charge < -0.3 is 20.3 Å². The van der Waals surface area contributed by atoms with Gasteiger partial charge in [-0.1, -0.05) is 217 Å². The maximum Gasteiger partial charge on any atom is 0.306 e. The molecule has 0 heterocycles. The van der Waals surface area contributed by atoms with Gasteiger partial charge in [0.25, 0.3) is 0 Å². The van der Waals surface area contributed by atoms with Crippen molar-refractivity contribution in [2.75, 3.05) is 6.61 Å². The Labute approximate surface area is 359 Å². The van der Waals surface area contributed by atoms with Crippen LogP contribution in [0.5, 0.6) is 0 Å². The average molecular weight is 814 g/mol. The molecule has 0 aromatic carbocycles. The van der Waals surface area contributed by atoms with E-state index in [0.717, 1.165) is 89.9 Å². The van der Waals surface area contributed by atoms with Gasteiger partial charge in [0.1, 0.15) is 6.10 Å². The number of allylic oxidation sites excluding steroid dienone is 8. The number of unbranched alkanes of at least 4 members (excludes halogenated alkanes) is 26. The lowest BCUT2D eigenvalue weighted by molar-refractivity contribution is -0.151.